The summed E-state index contributed by atoms with van der Waals surface area (Å²) in [6.07, 6.45) is 2.45. The Morgan fingerprint density at radius 1 is 1.07 bits per heavy atom. The first-order valence-corrected chi connectivity index (χ1v) is 9.08. The minimum absolute atomic E-state index is 0.236. The molecular formula is C21H20N4O3. The van der Waals surface area contributed by atoms with Gasteiger partial charge in [-0.15, -0.1) is 0 Å². The normalized spacial score (nSPS) is 13.1. The van der Waals surface area contributed by atoms with Crippen molar-refractivity contribution in [3.05, 3.63) is 70.9 Å². The SMILES string of the molecule is CNC(=O)NCc1ccc2[nH]cc(CCN3C(=O)c4ccccc4C3=O)c2c1. The fraction of sp³-hybridized carbons (Fsp3) is 0.190. The number of urea groups is 1. The molecular weight excluding hydrogens is 356 g/mol. The van der Waals surface area contributed by atoms with Crippen molar-refractivity contribution in [2.75, 3.05) is 13.6 Å². The van der Waals surface area contributed by atoms with Crippen LogP contribution in [0.3, 0.4) is 0 Å². The number of nitrogens with one attached hydrogen (secondary N) is 3. The van der Waals surface area contributed by atoms with E-state index >= 15 is 0 Å². The summed E-state index contributed by atoms with van der Waals surface area (Å²) in [7, 11) is 1.57. The number of hydrogen-bond donors (Lipinski definition) is 3. The molecule has 4 rings (SSSR count). The van der Waals surface area contributed by atoms with Crippen molar-refractivity contribution in [1.29, 1.82) is 0 Å². The van der Waals surface area contributed by atoms with Gasteiger partial charge in [-0.1, -0.05) is 18.2 Å². The highest BCUT2D eigenvalue weighted by Crippen LogP contribution is 2.25. The van der Waals surface area contributed by atoms with E-state index in [9.17, 15) is 14.4 Å². The van der Waals surface area contributed by atoms with E-state index in [0.717, 1.165) is 22.0 Å². The predicted octanol–water partition coefficient (Wildman–Crippen LogP) is 2.44. The Morgan fingerprint density at radius 2 is 1.79 bits per heavy atom. The van der Waals surface area contributed by atoms with Crippen molar-refractivity contribution in [3.63, 3.8) is 0 Å². The van der Waals surface area contributed by atoms with Gasteiger partial charge in [0.1, 0.15) is 0 Å². The maximum atomic E-state index is 12.5. The third-order valence-electron chi connectivity index (χ3n) is 4.99. The van der Waals surface area contributed by atoms with Gasteiger partial charge in [-0.25, -0.2) is 4.79 Å². The lowest BCUT2D eigenvalue weighted by molar-refractivity contribution is 0.0656. The van der Waals surface area contributed by atoms with Crippen LogP contribution in [0.2, 0.25) is 0 Å². The summed E-state index contributed by atoms with van der Waals surface area (Å²) in [6, 6.07) is 12.6. The minimum Gasteiger partial charge on any atom is -0.361 e. The van der Waals surface area contributed by atoms with Gasteiger partial charge in [-0.05, 0) is 41.8 Å². The second kappa shape index (κ2) is 7.19. The van der Waals surface area contributed by atoms with Gasteiger partial charge in [0.25, 0.3) is 11.8 Å². The maximum absolute atomic E-state index is 12.5. The van der Waals surface area contributed by atoms with Gasteiger partial charge < -0.3 is 15.6 Å². The molecule has 0 saturated heterocycles. The Balaban J connectivity index is 1.50. The lowest BCUT2D eigenvalue weighted by Crippen LogP contribution is -2.32. The molecule has 28 heavy (non-hydrogen) atoms. The number of fused-ring (bicyclic) bond motifs is 2. The van der Waals surface area contributed by atoms with E-state index in [0.29, 0.717) is 30.6 Å². The first-order valence-electron chi connectivity index (χ1n) is 9.08. The van der Waals surface area contributed by atoms with Crippen LogP contribution in [0.5, 0.6) is 0 Å². The zero-order valence-corrected chi connectivity index (χ0v) is 15.4. The summed E-state index contributed by atoms with van der Waals surface area (Å²) in [5.74, 6) is -0.480. The molecule has 2 aromatic carbocycles. The molecule has 0 atom stereocenters. The Bertz CT molecular complexity index is 1050. The smallest absolute Gasteiger partial charge is 0.314 e. The van der Waals surface area contributed by atoms with Crippen LogP contribution in [0.4, 0.5) is 4.79 Å². The summed E-state index contributed by atoms with van der Waals surface area (Å²) >= 11 is 0. The zero-order chi connectivity index (χ0) is 19.7. The van der Waals surface area contributed by atoms with Gasteiger partial charge in [-0.3, -0.25) is 14.5 Å². The van der Waals surface area contributed by atoms with Gasteiger partial charge in [0.15, 0.2) is 0 Å². The van der Waals surface area contributed by atoms with Crippen LogP contribution in [0, 0.1) is 0 Å². The van der Waals surface area contributed by atoms with Crippen LogP contribution in [-0.4, -0.2) is 41.3 Å². The molecule has 7 nitrogen and oxygen atoms in total. The van der Waals surface area contributed by atoms with Crippen molar-refractivity contribution < 1.29 is 14.4 Å². The minimum atomic E-state index is -0.240. The van der Waals surface area contributed by atoms with Gasteiger partial charge in [0, 0.05) is 37.2 Å². The molecule has 0 aliphatic carbocycles. The van der Waals surface area contributed by atoms with Crippen LogP contribution >= 0.6 is 0 Å². The number of nitrogens with zero attached hydrogens (tertiary/aromatic N) is 1. The van der Waals surface area contributed by atoms with Crippen molar-refractivity contribution in [3.8, 4) is 0 Å². The number of imide groups is 1. The summed E-state index contributed by atoms with van der Waals surface area (Å²) in [6.45, 7) is 0.735. The molecule has 4 amide bonds. The van der Waals surface area contributed by atoms with Gasteiger partial charge in [0.2, 0.25) is 0 Å². The van der Waals surface area contributed by atoms with E-state index < -0.39 is 0 Å². The van der Waals surface area contributed by atoms with E-state index in [1.165, 1.54) is 4.90 Å². The summed E-state index contributed by atoms with van der Waals surface area (Å²) in [4.78, 5) is 40.9. The van der Waals surface area contributed by atoms with Crippen LogP contribution in [0.1, 0.15) is 31.8 Å². The maximum Gasteiger partial charge on any atom is 0.314 e. The van der Waals surface area contributed by atoms with Crippen molar-refractivity contribution in [2.24, 2.45) is 0 Å². The largest absolute Gasteiger partial charge is 0.361 e. The first kappa shape index (κ1) is 17.8. The predicted molar refractivity (Wildman–Crippen MR) is 105 cm³/mol. The Morgan fingerprint density at radius 3 is 2.46 bits per heavy atom. The topological polar surface area (TPSA) is 94.3 Å². The number of H-pyrrole nitrogens is 1. The van der Waals surface area contributed by atoms with E-state index in [2.05, 4.69) is 15.6 Å². The third kappa shape index (κ3) is 3.11. The number of aromatic nitrogens is 1. The molecule has 2 heterocycles. The van der Waals surface area contributed by atoms with E-state index in [1.807, 2.05) is 24.4 Å². The lowest BCUT2D eigenvalue weighted by atomic mass is 10.1. The zero-order valence-electron chi connectivity index (χ0n) is 15.4. The second-order valence-corrected chi connectivity index (χ2v) is 6.68. The third-order valence-corrected chi connectivity index (χ3v) is 4.99. The fourth-order valence-electron chi connectivity index (χ4n) is 3.49. The van der Waals surface area contributed by atoms with Crippen molar-refractivity contribution >= 4 is 28.7 Å². The van der Waals surface area contributed by atoms with Gasteiger partial charge in [-0.2, -0.15) is 0 Å². The molecule has 7 heteroatoms. The van der Waals surface area contributed by atoms with Crippen LogP contribution < -0.4 is 10.6 Å². The Labute approximate surface area is 161 Å². The summed E-state index contributed by atoms with van der Waals surface area (Å²) in [5.41, 5.74) is 3.90. The number of amides is 4. The number of benzene rings is 2. The molecule has 0 saturated carbocycles. The average Bonchev–Trinajstić information content (AvgIpc) is 3.23. The van der Waals surface area contributed by atoms with Crippen LogP contribution in [0.25, 0.3) is 10.9 Å². The second-order valence-electron chi connectivity index (χ2n) is 6.68. The highest BCUT2D eigenvalue weighted by molar-refractivity contribution is 6.21. The quantitative estimate of drug-likeness (QED) is 0.597. The first-order chi connectivity index (χ1) is 13.6. The molecule has 0 spiro atoms. The Hall–Kier alpha value is -3.61. The van der Waals surface area contributed by atoms with Crippen LogP contribution in [0.15, 0.2) is 48.7 Å². The van der Waals surface area contributed by atoms with E-state index in [-0.39, 0.29) is 17.8 Å². The average molecular weight is 376 g/mol. The highest BCUT2D eigenvalue weighted by Gasteiger charge is 2.34. The number of carbonyl (C=O) groups is 3. The van der Waals surface area contributed by atoms with E-state index in [1.54, 1.807) is 31.3 Å². The molecule has 0 bridgehead atoms. The van der Waals surface area contributed by atoms with Gasteiger partial charge >= 0.3 is 6.03 Å². The van der Waals surface area contributed by atoms with E-state index in [4.69, 9.17) is 0 Å². The number of hydrogen-bond acceptors (Lipinski definition) is 3. The fourth-order valence-corrected chi connectivity index (χ4v) is 3.49. The summed E-state index contributed by atoms with van der Waals surface area (Å²) < 4.78 is 0. The number of rotatable bonds is 5. The number of aromatic amines is 1. The molecule has 1 aliphatic heterocycles. The monoisotopic (exact) mass is 376 g/mol. The molecule has 1 aliphatic rings. The molecule has 3 N–H and O–H groups in total. The van der Waals surface area contributed by atoms with Gasteiger partial charge in [0.05, 0.1) is 11.1 Å². The highest BCUT2D eigenvalue weighted by atomic mass is 16.2. The molecule has 0 unspecified atom stereocenters. The lowest BCUT2D eigenvalue weighted by Gasteiger charge is -2.13. The molecule has 0 radical (unpaired) electrons. The summed E-state index contributed by atoms with van der Waals surface area (Å²) in [5, 5.41) is 6.31. The van der Waals surface area contributed by atoms with Crippen molar-refractivity contribution in [2.45, 2.75) is 13.0 Å². The Kier molecular flexibility index (Phi) is 4.57. The standard InChI is InChI=1S/C21H20N4O3/c1-22-21(28)24-11-13-6-7-18-17(10-13)14(12-23-18)8-9-25-19(26)15-4-2-3-5-16(15)20(25)27/h2-7,10,12,23H,8-9,11H2,1H3,(H2,22,24,28). The van der Waals surface area contributed by atoms with Crippen molar-refractivity contribution in [1.82, 2.24) is 20.5 Å². The molecule has 1 aromatic heterocycles. The molecule has 3 aromatic rings. The van der Waals surface area contributed by atoms with Crippen LogP contribution in [-0.2, 0) is 13.0 Å². The number of carbonyl (C=O) groups excluding carboxylic acids is 3. The molecule has 0 fully saturated rings. The molecule has 142 valence electrons.